The average Bonchev–Trinajstić information content (AvgIpc) is 2.46. The Hall–Kier alpha value is -2.61. The molecule has 0 atom stereocenters. The fourth-order valence-electron chi connectivity index (χ4n) is 1.81. The molecule has 0 aliphatic heterocycles. The number of aryl methyl sites for hydroxylation is 1. The van der Waals surface area contributed by atoms with Gasteiger partial charge in [0, 0.05) is 23.4 Å². The summed E-state index contributed by atoms with van der Waals surface area (Å²) in [7, 11) is 1.26. The quantitative estimate of drug-likeness (QED) is 0.405. The number of non-ortho nitro benzene ring substituents is 1. The van der Waals surface area contributed by atoms with Gasteiger partial charge in [0.2, 0.25) is 0 Å². The molecule has 0 unspecified atom stereocenters. The highest BCUT2D eigenvalue weighted by Crippen LogP contribution is 2.21. The molecule has 2 rings (SSSR count). The number of esters is 1. The number of hydrogen-bond acceptors (Lipinski definition) is 6. The van der Waals surface area contributed by atoms with Gasteiger partial charge in [-0.3, -0.25) is 10.1 Å². The lowest BCUT2D eigenvalue weighted by molar-refractivity contribution is -0.384. The van der Waals surface area contributed by atoms with Crippen LogP contribution in [-0.4, -0.2) is 28.0 Å². The summed E-state index contributed by atoms with van der Waals surface area (Å²) in [5.74, 6) is -0.128. The molecule has 108 valence electrons. The van der Waals surface area contributed by atoms with Crippen LogP contribution in [0.4, 0.5) is 5.69 Å². The molecule has 0 radical (unpaired) electrons. The number of aromatic nitrogens is 2. The molecule has 0 saturated heterocycles. The Labute approximate surface area is 124 Å². The van der Waals surface area contributed by atoms with E-state index in [2.05, 4.69) is 14.7 Å². The third-order valence-corrected chi connectivity index (χ3v) is 3.14. The van der Waals surface area contributed by atoms with E-state index >= 15 is 0 Å². The van der Waals surface area contributed by atoms with Crippen LogP contribution in [-0.2, 0) is 4.74 Å². The SMILES string of the molecule is COC(=O)c1c(C)[nH]c(-c2ccc([N+](=O)[O-])cc2)nc1=S. The van der Waals surface area contributed by atoms with E-state index < -0.39 is 10.9 Å². The first-order valence-electron chi connectivity index (χ1n) is 5.88. The Bertz CT molecular complexity index is 768. The van der Waals surface area contributed by atoms with Gasteiger partial charge in [-0.2, -0.15) is 0 Å². The second-order valence-electron chi connectivity index (χ2n) is 4.19. The Morgan fingerprint density at radius 3 is 2.48 bits per heavy atom. The Morgan fingerprint density at radius 1 is 1.38 bits per heavy atom. The van der Waals surface area contributed by atoms with Gasteiger partial charge < -0.3 is 9.72 Å². The van der Waals surface area contributed by atoms with Crippen molar-refractivity contribution in [2.45, 2.75) is 6.92 Å². The molecule has 8 heteroatoms. The van der Waals surface area contributed by atoms with Crippen LogP contribution in [0.1, 0.15) is 16.1 Å². The Balaban J connectivity index is 2.49. The highest BCUT2D eigenvalue weighted by molar-refractivity contribution is 7.71. The minimum Gasteiger partial charge on any atom is -0.465 e. The van der Waals surface area contributed by atoms with Crippen molar-refractivity contribution < 1.29 is 14.5 Å². The summed E-state index contributed by atoms with van der Waals surface area (Å²) in [6.45, 7) is 1.68. The lowest BCUT2D eigenvalue weighted by Crippen LogP contribution is -2.08. The van der Waals surface area contributed by atoms with Crippen LogP contribution >= 0.6 is 12.2 Å². The van der Waals surface area contributed by atoms with Gasteiger partial charge >= 0.3 is 5.97 Å². The topological polar surface area (TPSA) is 98.1 Å². The lowest BCUT2D eigenvalue weighted by Gasteiger charge is -2.07. The normalized spacial score (nSPS) is 10.2. The second kappa shape index (κ2) is 5.80. The number of carbonyl (C=O) groups is 1. The first-order valence-corrected chi connectivity index (χ1v) is 6.29. The molecule has 0 spiro atoms. The maximum atomic E-state index is 11.6. The van der Waals surface area contributed by atoms with Crippen molar-refractivity contribution in [1.82, 2.24) is 9.97 Å². The molecule has 21 heavy (non-hydrogen) atoms. The number of benzene rings is 1. The summed E-state index contributed by atoms with van der Waals surface area (Å²) in [5.41, 5.74) is 1.35. The van der Waals surface area contributed by atoms with Crippen LogP contribution in [0.15, 0.2) is 24.3 Å². The van der Waals surface area contributed by atoms with Gasteiger partial charge in [0.15, 0.2) is 0 Å². The number of ether oxygens (including phenoxy) is 1. The third kappa shape index (κ3) is 2.95. The summed E-state index contributed by atoms with van der Waals surface area (Å²) in [5, 5.41) is 10.6. The van der Waals surface area contributed by atoms with Gasteiger partial charge in [0.05, 0.1) is 12.0 Å². The Morgan fingerprint density at radius 2 is 2.00 bits per heavy atom. The first-order chi connectivity index (χ1) is 9.93. The van der Waals surface area contributed by atoms with Gasteiger partial charge in [-0.15, -0.1) is 0 Å². The predicted molar refractivity (Wildman–Crippen MR) is 77.6 cm³/mol. The van der Waals surface area contributed by atoms with E-state index in [9.17, 15) is 14.9 Å². The smallest absolute Gasteiger partial charge is 0.342 e. The Kier molecular flexibility index (Phi) is 4.08. The predicted octanol–water partition coefficient (Wildman–Crippen LogP) is 2.81. The number of hydrogen-bond donors (Lipinski definition) is 1. The van der Waals surface area contributed by atoms with Crippen LogP contribution in [0.5, 0.6) is 0 Å². The van der Waals surface area contributed by atoms with E-state index in [0.717, 1.165) is 0 Å². The van der Waals surface area contributed by atoms with Gasteiger partial charge in [0.1, 0.15) is 16.0 Å². The molecule has 0 amide bonds. The zero-order valence-electron chi connectivity index (χ0n) is 11.2. The average molecular weight is 305 g/mol. The molecule has 7 nitrogen and oxygen atoms in total. The van der Waals surface area contributed by atoms with E-state index in [-0.39, 0.29) is 15.9 Å². The molecule has 2 aromatic rings. The third-order valence-electron chi connectivity index (χ3n) is 2.85. The summed E-state index contributed by atoms with van der Waals surface area (Å²) in [4.78, 5) is 28.8. The monoisotopic (exact) mass is 305 g/mol. The van der Waals surface area contributed by atoms with E-state index in [1.165, 1.54) is 19.2 Å². The van der Waals surface area contributed by atoms with E-state index in [4.69, 9.17) is 12.2 Å². The van der Waals surface area contributed by atoms with Crippen molar-refractivity contribution in [3.8, 4) is 11.4 Å². The number of nitro benzene ring substituents is 1. The summed E-state index contributed by atoms with van der Waals surface area (Å²) in [6.07, 6.45) is 0. The summed E-state index contributed by atoms with van der Waals surface area (Å²) >= 11 is 5.10. The minimum absolute atomic E-state index is 0.0137. The molecular weight excluding hydrogens is 294 g/mol. The minimum atomic E-state index is -0.559. The van der Waals surface area contributed by atoms with Gasteiger partial charge in [-0.1, -0.05) is 12.2 Å². The van der Waals surface area contributed by atoms with Crippen molar-refractivity contribution in [3.05, 3.63) is 50.3 Å². The molecule has 1 N–H and O–H groups in total. The lowest BCUT2D eigenvalue weighted by atomic mass is 10.1. The van der Waals surface area contributed by atoms with Gasteiger partial charge in [0.25, 0.3) is 5.69 Å². The van der Waals surface area contributed by atoms with E-state index in [0.29, 0.717) is 17.1 Å². The van der Waals surface area contributed by atoms with Crippen molar-refractivity contribution in [2.24, 2.45) is 0 Å². The zero-order valence-corrected chi connectivity index (χ0v) is 12.1. The zero-order chi connectivity index (χ0) is 15.6. The van der Waals surface area contributed by atoms with E-state index in [1.807, 2.05) is 0 Å². The molecule has 0 bridgehead atoms. The molecule has 0 fully saturated rings. The highest BCUT2D eigenvalue weighted by Gasteiger charge is 2.15. The fourth-order valence-corrected chi connectivity index (χ4v) is 2.13. The number of carbonyl (C=O) groups excluding carboxylic acids is 1. The second-order valence-corrected chi connectivity index (χ2v) is 4.57. The number of methoxy groups -OCH3 is 1. The van der Waals surface area contributed by atoms with Crippen molar-refractivity contribution in [2.75, 3.05) is 7.11 Å². The number of rotatable bonds is 3. The molecule has 1 heterocycles. The molecule has 1 aromatic heterocycles. The number of nitrogens with one attached hydrogen (secondary N) is 1. The van der Waals surface area contributed by atoms with Crippen molar-refractivity contribution in [1.29, 1.82) is 0 Å². The van der Waals surface area contributed by atoms with Gasteiger partial charge in [-0.25, -0.2) is 9.78 Å². The van der Waals surface area contributed by atoms with E-state index in [1.54, 1.807) is 19.1 Å². The first kappa shape index (κ1) is 14.8. The molecule has 1 aromatic carbocycles. The molecular formula is C13H11N3O4S. The van der Waals surface area contributed by atoms with Crippen LogP contribution in [0.2, 0.25) is 0 Å². The maximum Gasteiger partial charge on any atom is 0.342 e. The van der Waals surface area contributed by atoms with Crippen LogP contribution in [0.25, 0.3) is 11.4 Å². The highest BCUT2D eigenvalue weighted by atomic mass is 32.1. The van der Waals surface area contributed by atoms with Gasteiger partial charge in [-0.05, 0) is 19.1 Å². The van der Waals surface area contributed by atoms with Crippen LogP contribution in [0.3, 0.4) is 0 Å². The number of aromatic amines is 1. The van der Waals surface area contributed by atoms with Crippen molar-refractivity contribution >= 4 is 23.9 Å². The summed E-state index contributed by atoms with van der Waals surface area (Å²) < 4.78 is 4.76. The molecule has 0 saturated carbocycles. The number of H-pyrrole nitrogens is 1. The summed E-state index contributed by atoms with van der Waals surface area (Å²) in [6, 6.07) is 5.86. The standard InChI is InChI=1S/C13H11N3O4S/c1-7-10(13(17)20-2)12(21)15-11(14-7)8-3-5-9(6-4-8)16(18)19/h3-6H,1-2H3,(H,14,15,21). The fraction of sp³-hybridized carbons (Fsp3) is 0.154. The van der Waals surface area contributed by atoms with Crippen LogP contribution < -0.4 is 0 Å². The maximum absolute atomic E-state index is 11.6. The van der Waals surface area contributed by atoms with Crippen LogP contribution in [0, 0.1) is 21.7 Å². The molecule has 0 aliphatic rings. The van der Waals surface area contributed by atoms with Crippen molar-refractivity contribution in [3.63, 3.8) is 0 Å². The largest absolute Gasteiger partial charge is 0.465 e. The number of nitrogens with zero attached hydrogens (tertiary/aromatic N) is 2. The molecule has 0 aliphatic carbocycles. The number of nitro groups is 1.